The van der Waals surface area contributed by atoms with E-state index in [0.29, 0.717) is 6.04 Å². The van der Waals surface area contributed by atoms with Crippen molar-refractivity contribution in [2.75, 3.05) is 38.1 Å². The minimum absolute atomic E-state index is 0.610. The van der Waals surface area contributed by atoms with Gasteiger partial charge in [-0.2, -0.15) is 0 Å². The molecule has 1 aromatic carbocycles. The summed E-state index contributed by atoms with van der Waals surface area (Å²) in [5, 5.41) is 3.52. The standard InChI is InChI=1S/C16H26BrN3/c1-4-7-18-11-14-5-6-15(17)10-16(14)20-9-8-19(3)13(2)12-20/h5-6,10,13,18H,4,7-9,11-12H2,1-3H3. The summed E-state index contributed by atoms with van der Waals surface area (Å²) in [7, 11) is 2.21. The average molecular weight is 340 g/mol. The average Bonchev–Trinajstić information content (AvgIpc) is 2.44. The van der Waals surface area contributed by atoms with Crippen molar-refractivity contribution in [1.82, 2.24) is 10.2 Å². The molecule has 1 N–H and O–H groups in total. The van der Waals surface area contributed by atoms with Gasteiger partial charge in [0.15, 0.2) is 0 Å². The van der Waals surface area contributed by atoms with E-state index >= 15 is 0 Å². The molecule has 1 fully saturated rings. The van der Waals surface area contributed by atoms with Gasteiger partial charge in [-0.05, 0) is 44.6 Å². The smallest absolute Gasteiger partial charge is 0.0424 e. The van der Waals surface area contributed by atoms with Crippen LogP contribution in [0, 0.1) is 0 Å². The number of hydrogen-bond acceptors (Lipinski definition) is 3. The third kappa shape index (κ3) is 3.96. The Bertz CT molecular complexity index is 436. The van der Waals surface area contributed by atoms with Crippen LogP contribution in [-0.2, 0) is 6.54 Å². The third-order valence-electron chi connectivity index (χ3n) is 4.09. The zero-order valence-electron chi connectivity index (χ0n) is 12.8. The molecule has 0 saturated carbocycles. The molecule has 1 saturated heterocycles. The van der Waals surface area contributed by atoms with Crippen molar-refractivity contribution in [2.45, 2.75) is 32.9 Å². The van der Waals surface area contributed by atoms with Gasteiger partial charge in [-0.15, -0.1) is 0 Å². The van der Waals surface area contributed by atoms with Gasteiger partial charge in [0.05, 0.1) is 0 Å². The number of nitrogens with zero attached hydrogens (tertiary/aromatic N) is 2. The highest BCUT2D eigenvalue weighted by Crippen LogP contribution is 2.27. The molecule has 2 rings (SSSR count). The summed E-state index contributed by atoms with van der Waals surface area (Å²) in [6.45, 7) is 9.89. The van der Waals surface area contributed by atoms with Crippen molar-refractivity contribution < 1.29 is 0 Å². The monoisotopic (exact) mass is 339 g/mol. The molecule has 0 spiro atoms. The van der Waals surface area contributed by atoms with Crippen LogP contribution in [0.25, 0.3) is 0 Å². The lowest BCUT2D eigenvalue weighted by atomic mass is 10.1. The van der Waals surface area contributed by atoms with E-state index in [1.54, 1.807) is 0 Å². The van der Waals surface area contributed by atoms with Crippen LogP contribution in [0.2, 0.25) is 0 Å². The minimum atomic E-state index is 0.610. The zero-order chi connectivity index (χ0) is 14.5. The van der Waals surface area contributed by atoms with Crippen LogP contribution >= 0.6 is 15.9 Å². The van der Waals surface area contributed by atoms with Gasteiger partial charge in [0.25, 0.3) is 0 Å². The summed E-state index contributed by atoms with van der Waals surface area (Å²) in [4.78, 5) is 4.96. The quantitative estimate of drug-likeness (QED) is 0.831. The van der Waals surface area contributed by atoms with Gasteiger partial charge in [0.1, 0.15) is 0 Å². The molecule has 1 atom stereocenters. The second kappa shape index (κ2) is 7.43. The number of halogens is 1. The van der Waals surface area contributed by atoms with Gasteiger partial charge in [0.2, 0.25) is 0 Å². The molecule has 3 nitrogen and oxygen atoms in total. The highest BCUT2D eigenvalue weighted by molar-refractivity contribution is 9.10. The van der Waals surface area contributed by atoms with Crippen molar-refractivity contribution in [3.63, 3.8) is 0 Å². The molecule has 1 aromatic rings. The first-order valence-electron chi connectivity index (χ1n) is 7.56. The van der Waals surface area contributed by atoms with E-state index in [9.17, 15) is 0 Å². The predicted octanol–water partition coefficient (Wildman–Crippen LogP) is 3.09. The Balaban J connectivity index is 2.14. The van der Waals surface area contributed by atoms with Crippen LogP contribution in [0.4, 0.5) is 5.69 Å². The fraction of sp³-hybridized carbons (Fsp3) is 0.625. The summed E-state index contributed by atoms with van der Waals surface area (Å²) in [5.74, 6) is 0. The van der Waals surface area contributed by atoms with E-state index in [0.717, 1.165) is 32.7 Å². The van der Waals surface area contributed by atoms with E-state index in [1.807, 2.05) is 0 Å². The van der Waals surface area contributed by atoms with Crippen molar-refractivity contribution in [3.8, 4) is 0 Å². The second-order valence-electron chi connectivity index (χ2n) is 5.73. The molecule has 4 heteroatoms. The van der Waals surface area contributed by atoms with Gasteiger partial charge < -0.3 is 15.1 Å². The number of piperazine rings is 1. The molecule has 20 heavy (non-hydrogen) atoms. The van der Waals surface area contributed by atoms with Crippen LogP contribution in [-0.4, -0.2) is 44.2 Å². The van der Waals surface area contributed by atoms with Gasteiger partial charge >= 0.3 is 0 Å². The lowest BCUT2D eigenvalue weighted by molar-refractivity contribution is 0.234. The predicted molar refractivity (Wildman–Crippen MR) is 90.4 cm³/mol. The van der Waals surface area contributed by atoms with Crippen molar-refractivity contribution in [1.29, 1.82) is 0 Å². The number of rotatable bonds is 5. The van der Waals surface area contributed by atoms with Crippen molar-refractivity contribution >= 4 is 21.6 Å². The normalized spacial score (nSPS) is 20.4. The molecule has 0 amide bonds. The lowest BCUT2D eigenvalue weighted by Crippen LogP contribution is -2.50. The highest BCUT2D eigenvalue weighted by Gasteiger charge is 2.22. The van der Waals surface area contributed by atoms with E-state index in [4.69, 9.17) is 0 Å². The highest BCUT2D eigenvalue weighted by atomic mass is 79.9. The lowest BCUT2D eigenvalue weighted by Gasteiger charge is -2.40. The Hall–Kier alpha value is -0.580. The van der Waals surface area contributed by atoms with Crippen LogP contribution < -0.4 is 10.2 Å². The molecule has 1 unspecified atom stereocenters. The Morgan fingerprint density at radius 2 is 2.15 bits per heavy atom. The van der Waals surface area contributed by atoms with Crippen LogP contribution in [0.5, 0.6) is 0 Å². The maximum atomic E-state index is 3.61. The third-order valence-corrected chi connectivity index (χ3v) is 4.58. The summed E-state index contributed by atoms with van der Waals surface area (Å²) < 4.78 is 1.17. The summed E-state index contributed by atoms with van der Waals surface area (Å²) in [6.07, 6.45) is 1.18. The van der Waals surface area contributed by atoms with Crippen LogP contribution in [0.1, 0.15) is 25.8 Å². The van der Waals surface area contributed by atoms with E-state index in [-0.39, 0.29) is 0 Å². The molecule has 0 bridgehead atoms. The number of nitrogens with one attached hydrogen (secondary N) is 1. The number of anilines is 1. The van der Waals surface area contributed by atoms with Gasteiger partial charge in [-0.3, -0.25) is 0 Å². The summed E-state index contributed by atoms with van der Waals surface area (Å²) in [5.41, 5.74) is 2.78. The fourth-order valence-electron chi connectivity index (χ4n) is 2.65. The first kappa shape index (κ1) is 15.8. The van der Waals surface area contributed by atoms with Gasteiger partial charge in [-0.1, -0.05) is 28.9 Å². The topological polar surface area (TPSA) is 18.5 Å². The van der Waals surface area contributed by atoms with Gasteiger partial charge in [-0.25, -0.2) is 0 Å². The summed E-state index contributed by atoms with van der Waals surface area (Å²) in [6, 6.07) is 7.26. The number of benzene rings is 1. The summed E-state index contributed by atoms with van der Waals surface area (Å²) >= 11 is 3.61. The Morgan fingerprint density at radius 3 is 2.85 bits per heavy atom. The molecule has 0 aliphatic carbocycles. The largest absolute Gasteiger partial charge is 0.368 e. The van der Waals surface area contributed by atoms with Gasteiger partial charge in [0, 0.05) is 42.4 Å². The van der Waals surface area contributed by atoms with Crippen LogP contribution in [0.15, 0.2) is 22.7 Å². The molecule has 1 aliphatic rings. The van der Waals surface area contributed by atoms with Crippen LogP contribution in [0.3, 0.4) is 0 Å². The fourth-order valence-corrected chi connectivity index (χ4v) is 3.00. The molecular formula is C16H26BrN3. The Morgan fingerprint density at radius 1 is 1.35 bits per heavy atom. The number of likely N-dealkylation sites (N-methyl/N-ethyl adjacent to an activating group) is 1. The molecule has 0 aromatic heterocycles. The SMILES string of the molecule is CCCNCc1ccc(Br)cc1N1CCN(C)C(C)C1. The Kier molecular flexibility index (Phi) is 5.87. The second-order valence-corrected chi connectivity index (χ2v) is 6.64. The van der Waals surface area contributed by atoms with E-state index in [2.05, 4.69) is 70.1 Å². The van der Waals surface area contributed by atoms with E-state index in [1.165, 1.54) is 22.1 Å². The van der Waals surface area contributed by atoms with E-state index < -0.39 is 0 Å². The zero-order valence-corrected chi connectivity index (χ0v) is 14.4. The minimum Gasteiger partial charge on any atom is -0.368 e. The molecule has 112 valence electrons. The Labute approximate surface area is 131 Å². The molecule has 1 heterocycles. The maximum Gasteiger partial charge on any atom is 0.0424 e. The molecule has 1 aliphatic heterocycles. The van der Waals surface area contributed by atoms with Crippen molar-refractivity contribution in [2.24, 2.45) is 0 Å². The maximum absolute atomic E-state index is 3.61. The first-order chi connectivity index (χ1) is 9.61. The molecule has 0 radical (unpaired) electrons. The number of hydrogen-bond donors (Lipinski definition) is 1. The molecular weight excluding hydrogens is 314 g/mol. The first-order valence-corrected chi connectivity index (χ1v) is 8.35. The van der Waals surface area contributed by atoms with Crippen molar-refractivity contribution in [3.05, 3.63) is 28.2 Å².